The van der Waals surface area contributed by atoms with Crippen molar-refractivity contribution in [3.63, 3.8) is 0 Å². The molecule has 2 N–H and O–H groups in total. The van der Waals surface area contributed by atoms with E-state index in [2.05, 4.69) is 6.07 Å². The third-order valence-corrected chi connectivity index (χ3v) is 3.11. The molecule has 2 rings (SSSR count). The molecule has 0 radical (unpaired) electrons. The van der Waals surface area contributed by atoms with Crippen LogP contribution in [-0.4, -0.2) is 6.61 Å². The number of benzene rings is 1. The summed E-state index contributed by atoms with van der Waals surface area (Å²) < 4.78 is 5.68. The van der Waals surface area contributed by atoms with E-state index in [9.17, 15) is 0 Å². The first-order chi connectivity index (χ1) is 7.79. The number of nitrogens with two attached hydrogens (primary N) is 1. The van der Waals surface area contributed by atoms with Crippen molar-refractivity contribution in [3.8, 4) is 11.8 Å². The summed E-state index contributed by atoms with van der Waals surface area (Å²) in [6, 6.07) is 7.32. The fraction of sp³-hybridized carbons (Fsp3) is 0.462. The molecule has 0 saturated heterocycles. The molecule has 3 heteroatoms. The smallest absolute Gasteiger partial charge is 0.120 e. The van der Waals surface area contributed by atoms with Crippen molar-refractivity contribution in [3.05, 3.63) is 23.8 Å². The highest BCUT2D eigenvalue weighted by molar-refractivity contribution is 5.56. The number of hydrogen-bond donors (Lipinski definition) is 1. The highest BCUT2D eigenvalue weighted by Crippen LogP contribution is 2.26. The maximum absolute atomic E-state index is 8.84. The van der Waals surface area contributed by atoms with E-state index in [4.69, 9.17) is 15.7 Å². The number of anilines is 1. The molecule has 16 heavy (non-hydrogen) atoms. The Kier molecular flexibility index (Phi) is 3.31. The van der Waals surface area contributed by atoms with Gasteiger partial charge in [-0.05, 0) is 37.0 Å². The summed E-state index contributed by atoms with van der Waals surface area (Å²) in [5.41, 5.74) is 6.64. The minimum absolute atomic E-state index is 0.490. The van der Waals surface area contributed by atoms with E-state index in [-0.39, 0.29) is 0 Å². The van der Waals surface area contributed by atoms with Crippen LogP contribution in [0.15, 0.2) is 18.2 Å². The normalized spacial score (nSPS) is 15.9. The third kappa shape index (κ3) is 2.46. The first-order valence-electron chi connectivity index (χ1n) is 5.72. The zero-order valence-electron chi connectivity index (χ0n) is 9.28. The fourth-order valence-corrected chi connectivity index (χ4v) is 2.11. The molecule has 0 unspecified atom stereocenters. The molecular weight excluding hydrogens is 200 g/mol. The van der Waals surface area contributed by atoms with Gasteiger partial charge < -0.3 is 10.5 Å². The zero-order valence-corrected chi connectivity index (χ0v) is 9.28. The first kappa shape index (κ1) is 10.8. The van der Waals surface area contributed by atoms with Gasteiger partial charge >= 0.3 is 0 Å². The van der Waals surface area contributed by atoms with Crippen LogP contribution in [0.25, 0.3) is 0 Å². The van der Waals surface area contributed by atoms with E-state index in [0.29, 0.717) is 17.2 Å². The molecule has 0 atom stereocenters. The molecule has 1 aromatic carbocycles. The molecule has 0 aromatic heterocycles. The van der Waals surface area contributed by atoms with Gasteiger partial charge in [0.2, 0.25) is 0 Å². The summed E-state index contributed by atoms with van der Waals surface area (Å²) in [7, 11) is 0. The lowest BCUT2D eigenvalue weighted by atomic mass is 10.1. The summed E-state index contributed by atoms with van der Waals surface area (Å²) in [4.78, 5) is 0. The van der Waals surface area contributed by atoms with Crippen LogP contribution in [0.5, 0.6) is 5.75 Å². The number of nitrogens with zero attached hydrogens (tertiary/aromatic N) is 1. The van der Waals surface area contributed by atoms with E-state index < -0.39 is 0 Å². The van der Waals surface area contributed by atoms with E-state index in [1.165, 1.54) is 25.7 Å². The molecule has 0 heterocycles. The molecule has 84 valence electrons. The quantitative estimate of drug-likeness (QED) is 0.790. The van der Waals surface area contributed by atoms with Gasteiger partial charge in [-0.2, -0.15) is 5.26 Å². The van der Waals surface area contributed by atoms with E-state index in [0.717, 1.165) is 12.4 Å². The highest BCUT2D eigenvalue weighted by atomic mass is 16.5. The molecule has 1 aromatic rings. The Morgan fingerprint density at radius 2 is 2.12 bits per heavy atom. The predicted molar refractivity (Wildman–Crippen MR) is 63.0 cm³/mol. The van der Waals surface area contributed by atoms with Gasteiger partial charge in [0.1, 0.15) is 11.8 Å². The van der Waals surface area contributed by atoms with Crippen molar-refractivity contribution in [2.45, 2.75) is 25.7 Å². The van der Waals surface area contributed by atoms with Crippen LogP contribution in [0, 0.1) is 17.2 Å². The van der Waals surface area contributed by atoms with Gasteiger partial charge in [-0.3, -0.25) is 0 Å². The molecule has 1 aliphatic carbocycles. The number of ether oxygens (including phenoxy) is 1. The van der Waals surface area contributed by atoms with Gasteiger partial charge in [0, 0.05) is 5.69 Å². The topological polar surface area (TPSA) is 59.0 Å². The lowest BCUT2D eigenvalue weighted by molar-refractivity contribution is 0.252. The van der Waals surface area contributed by atoms with Gasteiger partial charge in [-0.1, -0.05) is 12.8 Å². The SMILES string of the molecule is N#Cc1cc(OCC2CCCC2)ccc1N. The molecule has 1 saturated carbocycles. The second-order valence-corrected chi connectivity index (χ2v) is 4.32. The number of rotatable bonds is 3. The lowest BCUT2D eigenvalue weighted by Gasteiger charge is -2.11. The van der Waals surface area contributed by atoms with Crippen molar-refractivity contribution >= 4 is 5.69 Å². The summed E-state index contributed by atoms with van der Waals surface area (Å²) in [6.07, 6.45) is 5.17. The maximum atomic E-state index is 8.84. The second-order valence-electron chi connectivity index (χ2n) is 4.32. The van der Waals surface area contributed by atoms with Gasteiger partial charge in [0.25, 0.3) is 0 Å². The Bertz CT molecular complexity index is 403. The Morgan fingerprint density at radius 1 is 1.38 bits per heavy atom. The molecule has 3 nitrogen and oxygen atoms in total. The fourth-order valence-electron chi connectivity index (χ4n) is 2.11. The molecule has 0 amide bonds. The molecular formula is C13H16N2O. The maximum Gasteiger partial charge on any atom is 0.120 e. The Balaban J connectivity index is 1.96. The molecule has 1 aliphatic rings. The molecule has 1 fully saturated rings. The number of hydrogen-bond acceptors (Lipinski definition) is 3. The van der Waals surface area contributed by atoms with Gasteiger partial charge in [0.05, 0.1) is 12.2 Å². The summed E-state index contributed by atoms with van der Waals surface area (Å²) in [6.45, 7) is 0.759. The Morgan fingerprint density at radius 3 is 2.81 bits per heavy atom. The van der Waals surface area contributed by atoms with Gasteiger partial charge in [-0.15, -0.1) is 0 Å². The minimum atomic E-state index is 0.490. The molecule has 0 aliphatic heterocycles. The summed E-state index contributed by atoms with van der Waals surface area (Å²) >= 11 is 0. The van der Waals surface area contributed by atoms with E-state index in [1.807, 2.05) is 6.07 Å². The summed E-state index contributed by atoms with van der Waals surface area (Å²) in [5.74, 6) is 1.43. The van der Waals surface area contributed by atoms with Crippen LogP contribution in [-0.2, 0) is 0 Å². The largest absolute Gasteiger partial charge is 0.493 e. The van der Waals surface area contributed by atoms with Crippen LogP contribution in [0.1, 0.15) is 31.2 Å². The number of nitrogen functional groups attached to an aromatic ring is 1. The van der Waals surface area contributed by atoms with E-state index in [1.54, 1.807) is 12.1 Å². The van der Waals surface area contributed by atoms with E-state index >= 15 is 0 Å². The van der Waals surface area contributed by atoms with Crippen LogP contribution in [0.3, 0.4) is 0 Å². The average Bonchev–Trinajstić information content (AvgIpc) is 2.81. The monoisotopic (exact) mass is 216 g/mol. The van der Waals surface area contributed by atoms with Crippen LogP contribution in [0.2, 0.25) is 0 Å². The molecule has 0 bridgehead atoms. The van der Waals surface area contributed by atoms with Gasteiger partial charge in [-0.25, -0.2) is 0 Å². The van der Waals surface area contributed by atoms with Crippen LogP contribution >= 0.6 is 0 Å². The van der Waals surface area contributed by atoms with Crippen molar-refractivity contribution in [2.75, 3.05) is 12.3 Å². The first-order valence-corrected chi connectivity index (χ1v) is 5.72. The van der Waals surface area contributed by atoms with Crippen molar-refractivity contribution in [1.29, 1.82) is 5.26 Å². The zero-order chi connectivity index (χ0) is 11.4. The predicted octanol–water partition coefficient (Wildman–Crippen LogP) is 2.71. The third-order valence-electron chi connectivity index (χ3n) is 3.11. The minimum Gasteiger partial charge on any atom is -0.493 e. The number of nitriles is 1. The molecule has 0 spiro atoms. The highest BCUT2D eigenvalue weighted by Gasteiger charge is 2.15. The van der Waals surface area contributed by atoms with Crippen molar-refractivity contribution < 1.29 is 4.74 Å². The van der Waals surface area contributed by atoms with Crippen LogP contribution < -0.4 is 10.5 Å². The Labute approximate surface area is 95.8 Å². The van der Waals surface area contributed by atoms with Crippen LogP contribution in [0.4, 0.5) is 5.69 Å². The van der Waals surface area contributed by atoms with Crippen molar-refractivity contribution in [2.24, 2.45) is 5.92 Å². The standard InChI is InChI=1S/C13H16N2O/c14-8-11-7-12(5-6-13(11)15)16-9-10-3-1-2-4-10/h5-7,10H,1-4,9,15H2. The Hall–Kier alpha value is -1.69. The van der Waals surface area contributed by atoms with Gasteiger partial charge in [0.15, 0.2) is 0 Å². The average molecular weight is 216 g/mol. The lowest BCUT2D eigenvalue weighted by Crippen LogP contribution is -2.08. The second kappa shape index (κ2) is 4.89. The summed E-state index contributed by atoms with van der Waals surface area (Å²) in [5, 5.41) is 8.84. The van der Waals surface area contributed by atoms with Crippen molar-refractivity contribution in [1.82, 2.24) is 0 Å².